The van der Waals surface area contributed by atoms with Crippen LogP contribution in [0.25, 0.3) is 17.1 Å². The quantitative estimate of drug-likeness (QED) is 0.128. The van der Waals surface area contributed by atoms with E-state index in [1.165, 1.54) is 12.1 Å². The van der Waals surface area contributed by atoms with Crippen LogP contribution in [0.1, 0.15) is 71.1 Å². The van der Waals surface area contributed by atoms with Gasteiger partial charge < -0.3 is 5.32 Å². The minimum absolute atomic E-state index is 0.185. The average Bonchev–Trinajstić information content (AvgIpc) is 3.36. The molecule has 0 aliphatic rings. The van der Waals surface area contributed by atoms with Gasteiger partial charge in [-0.1, -0.05) is 67.2 Å². The van der Waals surface area contributed by atoms with Crippen molar-refractivity contribution in [2.24, 2.45) is 0 Å². The number of carbonyl (C=O) groups excluding carboxylic acids is 2. The number of nitrogens with one attached hydrogen (secondary N) is 1. The maximum Gasteiger partial charge on any atom is 0.416 e. The minimum Gasteiger partial charge on any atom is -0.351 e. The zero-order valence-electron chi connectivity index (χ0n) is 23.0. The van der Waals surface area contributed by atoms with Crippen molar-refractivity contribution >= 4 is 34.9 Å². The minimum atomic E-state index is -4.43. The van der Waals surface area contributed by atoms with Gasteiger partial charge in [0.2, 0.25) is 0 Å². The maximum atomic E-state index is 13.3. The number of hydrogen-bond donors (Lipinski definition) is 1. The smallest absolute Gasteiger partial charge is 0.351 e. The molecule has 0 fully saturated rings. The maximum absolute atomic E-state index is 13.3. The van der Waals surface area contributed by atoms with Gasteiger partial charge in [0.05, 0.1) is 16.3 Å². The zero-order valence-corrected chi connectivity index (χ0v) is 24.5. The van der Waals surface area contributed by atoms with Crippen molar-refractivity contribution < 1.29 is 22.8 Å². The summed E-state index contributed by atoms with van der Waals surface area (Å²) >= 11 is 12.6. The molecular formula is C32H30Cl2F3N3O2. The monoisotopic (exact) mass is 615 g/mol. The van der Waals surface area contributed by atoms with E-state index in [0.717, 1.165) is 36.4 Å². The number of unbranched alkanes of at least 4 members (excludes halogenated alkanes) is 3. The number of carbonyl (C=O) groups is 2. The highest BCUT2D eigenvalue weighted by Crippen LogP contribution is 2.32. The van der Waals surface area contributed by atoms with Crippen LogP contribution in [-0.4, -0.2) is 27.8 Å². The molecule has 0 saturated carbocycles. The van der Waals surface area contributed by atoms with E-state index in [-0.39, 0.29) is 23.7 Å². The van der Waals surface area contributed by atoms with Crippen LogP contribution >= 0.6 is 23.2 Å². The normalized spacial score (nSPS) is 11.5. The number of aromatic nitrogens is 2. The predicted octanol–water partition coefficient (Wildman–Crippen LogP) is 8.99. The molecule has 0 atom stereocenters. The molecule has 0 spiro atoms. The van der Waals surface area contributed by atoms with E-state index in [0.29, 0.717) is 52.9 Å². The molecule has 1 heterocycles. The van der Waals surface area contributed by atoms with E-state index in [4.69, 9.17) is 28.2 Å². The fraction of sp³-hybridized carbons (Fsp3) is 0.281. The third kappa shape index (κ3) is 7.61. The number of Topliss-reactive ketones (excluding diaryl/α,β-unsaturated/α-hetero) is 1. The van der Waals surface area contributed by atoms with E-state index in [2.05, 4.69) is 5.32 Å². The number of ketones is 1. The van der Waals surface area contributed by atoms with Gasteiger partial charge in [-0.2, -0.15) is 13.2 Å². The van der Waals surface area contributed by atoms with Crippen molar-refractivity contribution in [1.29, 1.82) is 0 Å². The highest BCUT2D eigenvalue weighted by molar-refractivity contribution is 6.33. The van der Waals surface area contributed by atoms with Crippen LogP contribution in [0.5, 0.6) is 0 Å². The molecule has 4 aromatic rings. The third-order valence-corrected chi connectivity index (χ3v) is 7.45. The van der Waals surface area contributed by atoms with Gasteiger partial charge in [-0.3, -0.25) is 14.2 Å². The summed E-state index contributed by atoms with van der Waals surface area (Å²) in [6.45, 7) is 2.40. The molecule has 3 aromatic carbocycles. The number of amides is 1. The first-order chi connectivity index (χ1) is 20.1. The first-order valence-corrected chi connectivity index (χ1v) is 14.5. The molecule has 0 unspecified atom stereocenters. The molecule has 42 heavy (non-hydrogen) atoms. The second-order valence-electron chi connectivity index (χ2n) is 9.79. The highest BCUT2D eigenvalue weighted by atomic mass is 35.5. The fourth-order valence-electron chi connectivity index (χ4n) is 4.69. The largest absolute Gasteiger partial charge is 0.416 e. The van der Waals surface area contributed by atoms with Crippen LogP contribution in [0.3, 0.4) is 0 Å². The summed E-state index contributed by atoms with van der Waals surface area (Å²) in [7, 11) is 0. The lowest BCUT2D eigenvalue weighted by molar-refractivity contribution is -0.137. The lowest BCUT2D eigenvalue weighted by atomic mass is 10.0. The Bertz CT molecular complexity index is 1530. The van der Waals surface area contributed by atoms with Gasteiger partial charge in [0.1, 0.15) is 11.5 Å². The molecular weight excluding hydrogens is 586 g/mol. The van der Waals surface area contributed by atoms with Crippen molar-refractivity contribution in [2.45, 2.75) is 51.6 Å². The number of halogens is 5. The number of hydrogen-bond acceptors (Lipinski definition) is 3. The molecule has 0 bridgehead atoms. The van der Waals surface area contributed by atoms with Gasteiger partial charge in [0, 0.05) is 34.8 Å². The van der Waals surface area contributed by atoms with E-state index in [1.54, 1.807) is 18.2 Å². The van der Waals surface area contributed by atoms with Crippen molar-refractivity contribution in [1.82, 2.24) is 14.9 Å². The lowest BCUT2D eigenvalue weighted by Gasteiger charge is -2.13. The fourth-order valence-corrected chi connectivity index (χ4v) is 5.04. The summed E-state index contributed by atoms with van der Waals surface area (Å²) in [5, 5.41) is 4.07. The molecule has 1 amide bonds. The van der Waals surface area contributed by atoms with Crippen molar-refractivity contribution in [3.8, 4) is 17.1 Å². The summed E-state index contributed by atoms with van der Waals surface area (Å²) in [6, 6.07) is 18.9. The molecule has 4 rings (SSSR count). The summed E-state index contributed by atoms with van der Waals surface area (Å²) in [5.74, 6) is 0.0858. The van der Waals surface area contributed by atoms with Crippen LogP contribution in [-0.2, 0) is 12.6 Å². The van der Waals surface area contributed by atoms with Crippen molar-refractivity contribution in [2.75, 3.05) is 6.54 Å². The zero-order chi connectivity index (χ0) is 30.3. The molecule has 0 aliphatic carbocycles. The summed E-state index contributed by atoms with van der Waals surface area (Å²) < 4.78 is 40.1. The molecule has 1 N–H and O–H groups in total. The molecule has 1 aromatic heterocycles. The van der Waals surface area contributed by atoms with Crippen LogP contribution in [0, 0.1) is 0 Å². The Labute approximate surface area is 252 Å². The van der Waals surface area contributed by atoms with Gasteiger partial charge in [0.15, 0.2) is 5.78 Å². The summed E-state index contributed by atoms with van der Waals surface area (Å²) in [5.41, 5.74) is 2.08. The van der Waals surface area contributed by atoms with Crippen molar-refractivity contribution in [3.63, 3.8) is 0 Å². The predicted molar refractivity (Wildman–Crippen MR) is 160 cm³/mol. The Hall–Kier alpha value is -3.62. The Morgan fingerprint density at radius 2 is 1.55 bits per heavy atom. The summed E-state index contributed by atoms with van der Waals surface area (Å²) in [6.07, 6.45) is -0.767. The average molecular weight is 617 g/mol. The number of nitrogens with zero attached hydrogens (tertiary/aromatic N) is 2. The van der Waals surface area contributed by atoms with Gasteiger partial charge in [-0.25, -0.2) is 4.98 Å². The van der Waals surface area contributed by atoms with Crippen LogP contribution < -0.4 is 5.32 Å². The molecule has 0 saturated heterocycles. The first-order valence-electron chi connectivity index (χ1n) is 13.7. The summed E-state index contributed by atoms with van der Waals surface area (Å²) in [4.78, 5) is 30.3. The standard InChI is InChI=1S/C32H30Cl2F3N3O2/c1-2-27-29(39-30(25-9-6-7-10-26(25)34)40(27)24-18-16-23(33)17-19-24)31(42)38-20-8-4-3-5-11-28(41)21-12-14-22(15-13-21)32(35,36)37/h6-7,9-10,12-19H,2-5,8,11,20H2,1H3,(H,38,42). The number of rotatable bonds is 12. The van der Waals surface area contributed by atoms with Gasteiger partial charge in [-0.05, 0) is 67.8 Å². The molecule has 5 nitrogen and oxygen atoms in total. The Kier molecular flexibility index (Phi) is 10.5. The molecule has 0 radical (unpaired) electrons. The Morgan fingerprint density at radius 3 is 2.19 bits per heavy atom. The first kappa shape index (κ1) is 31.3. The van der Waals surface area contributed by atoms with Crippen LogP contribution in [0.4, 0.5) is 13.2 Å². The number of imidazole rings is 1. The van der Waals surface area contributed by atoms with Crippen LogP contribution in [0.2, 0.25) is 10.0 Å². The topological polar surface area (TPSA) is 64.0 Å². The van der Waals surface area contributed by atoms with Gasteiger partial charge in [0.25, 0.3) is 5.91 Å². The highest BCUT2D eigenvalue weighted by Gasteiger charge is 2.30. The van der Waals surface area contributed by atoms with E-state index in [1.807, 2.05) is 41.8 Å². The number of alkyl halides is 3. The molecule has 10 heteroatoms. The second-order valence-corrected chi connectivity index (χ2v) is 10.6. The molecule has 0 aliphatic heterocycles. The SMILES string of the molecule is CCc1c(C(=O)NCCCCCCC(=O)c2ccc(C(F)(F)F)cc2)nc(-c2ccccc2Cl)n1-c1ccc(Cl)cc1. The Morgan fingerprint density at radius 1 is 0.881 bits per heavy atom. The second kappa shape index (κ2) is 14.0. The Balaban J connectivity index is 1.34. The van der Waals surface area contributed by atoms with E-state index in [9.17, 15) is 22.8 Å². The van der Waals surface area contributed by atoms with Gasteiger partial charge in [-0.15, -0.1) is 0 Å². The molecule has 220 valence electrons. The van der Waals surface area contributed by atoms with Crippen molar-refractivity contribution in [3.05, 3.63) is 105 Å². The number of benzene rings is 3. The van der Waals surface area contributed by atoms with E-state index < -0.39 is 11.7 Å². The third-order valence-electron chi connectivity index (χ3n) is 6.87. The van der Waals surface area contributed by atoms with E-state index >= 15 is 0 Å². The van der Waals surface area contributed by atoms with Crippen LogP contribution in [0.15, 0.2) is 72.8 Å². The van der Waals surface area contributed by atoms with Gasteiger partial charge >= 0.3 is 6.18 Å². The lowest BCUT2D eigenvalue weighted by Crippen LogP contribution is -2.26.